The highest BCUT2D eigenvalue weighted by atomic mass is 32.2. The molecule has 2 rings (SSSR count). The first-order valence-corrected chi connectivity index (χ1v) is 8.35. The van der Waals surface area contributed by atoms with Gasteiger partial charge in [0.05, 0.1) is 0 Å². The summed E-state index contributed by atoms with van der Waals surface area (Å²) in [6, 6.07) is 4.72. The number of aryl methyl sites for hydroxylation is 1. The van der Waals surface area contributed by atoms with E-state index in [-0.39, 0.29) is 0 Å². The van der Waals surface area contributed by atoms with Crippen molar-refractivity contribution in [2.45, 2.75) is 33.4 Å². The van der Waals surface area contributed by atoms with Crippen molar-refractivity contribution in [2.75, 3.05) is 29.5 Å². The van der Waals surface area contributed by atoms with Gasteiger partial charge in [0.2, 0.25) is 0 Å². The van der Waals surface area contributed by atoms with Crippen LogP contribution < -0.4 is 10.2 Å². The summed E-state index contributed by atoms with van der Waals surface area (Å²) in [4.78, 5) is 6.92. The highest BCUT2D eigenvalue weighted by Gasteiger charge is 2.16. The first-order chi connectivity index (χ1) is 9.06. The molecule has 0 atom stereocenters. The minimum absolute atomic E-state index is 0.483. The Balaban J connectivity index is 2.03. The predicted molar refractivity (Wildman–Crippen MR) is 81.0 cm³/mol. The zero-order valence-corrected chi connectivity index (χ0v) is 12.8. The average Bonchev–Trinajstić information content (AvgIpc) is 2.38. The molecule has 0 radical (unpaired) electrons. The van der Waals surface area contributed by atoms with Crippen LogP contribution in [-0.4, -0.2) is 39.8 Å². The van der Waals surface area contributed by atoms with Gasteiger partial charge in [-0.15, -0.1) is 0 Å². The summed E-state index contributed by atoms with van der Waals surface area (Å²) in [5.41, 5.74) is 2.33. The number of hydrogen-bond acceptors (Lipinski definition) is 4. The molecule has 2 heterocycles. The molecule has 0 aliphatic carbocycles. The van der Waals surface area contributed by atoms with Gasteiger partial charge in [0.15, 0.2) is 0 Å². The molecule has 1 aliphatic heterocycles. The van der Waals surface area contributed by atoms with Crippen molar-refractivity contribution in [1.29, 1.82) is 0 Å². The fourth-order valence-electron chi connectivity index (χ4n) is 2.12. The summed E-state index contributed by atoms with van der Waals surface area (Å²) < 4.78 is 11.4. The molecule has 0 spiro atoms. The summed E-state index contributed by atoms with van der Waals surface area (Å²) in [6.45, 7) is 8.91. The Morgan fingerprint density at radius 3 is 2.63 bits per heavy atom. The van der Waals surface area contributed by atoms with Gasteiger partial charge in [-0.05, 0) is 18.6 Å². The molecule has 0 amide bonds. The fourth-order valence-corrected chi connectivity index (χ4v) is 3.17. The zero-order chi connectivity index (χ0) is 13.8. The maximum atomic E-state index is 11.4. The molecule has 106 valence electrons. The quantitative estimate of drug-likeness (QED) is 0.907. The van der Waals surface area contributed by atoms with Crippen LogP contribution in [0.4, 0.5) is 5.82 Å². The second-order valence-electron chi connectivity index (χ2n) is 5.28. The molecule has 1 N–H and O–H groups in total. The summed E-state index contributed by atoms with van der Waals surface area (Å²) in [5.74, 6) is 2.54. The van der Waals surface area contributed by atoms with Crippen LogP contribution in [0.1, 0.15) is 25.1 Å². The molecule has 0 saturated carbocycles. The van der Waals surface area contributed by atoms with Crippen LogP contribution in [0.15, 0.2) is 12.1 Å². The van der Waals surface area contributed by atoms with E-state index in [1.165, 1.54) is 5.56 Å². The van der Waals surface area contributed by atoms with Gasteiger partial charge in [-0.25, -0.2) is 4.98 Å². The molecule has 19 heavy (non-hydrogen) atoms. The van der Waals surface area contributed by atoms with E-state index < -0.39 is 10.8 Å². The molecule has 1 aromatic rings. The first-order valence-electron chi connectivity index (χ1n) is 6.86. The van der Waals surface area contributed by atoms with E-state index in [0.29, 0.717) is 6.04 Å². The van der Waals surface area contributed by atoms with Crippen molar-refractivity contribution >= 4 is 16.6 Å². The van der Waals surface area contributed by atoms with Gasteiger partial charge < -0.3 is 10.2 Å². The molecule has 1 saturated heterocycles. The van der Waals surface area contributed by atoms with E-state index in [9.17, 15) is 4.21 Å². The largest absolute Gasteiger partial charge is 0.355 e. The average molecular weight is 281 g/mol. The van der Waals surface area contributed by atoms with E-state index in [1.54, 1.807) is 0 Å². The van der Waals surface area contributed by atoms with E-state index >= 15 is 0 Å². The third kappa shape index (κ3) is 4.01. The SMILES string of the molecule is Cc1nc(N2CCS(=O)CC2)ccc1CNC(C)C. The lowest BCUT2D eigenvalue weighted by atomic mass is 10.2. The number of hydrogen-bond donors (Lipinski definition) is 1. The van der Waals surface area contributed by atoms with Crippen LogP contribution in [0.5, 0.6) is 0 Å². The number of pyridine rings is 1. The van der Waals surface area contributed by atoms with E-state index in [4.69, 9.17) is 0 Å². The lowest BCUT2D eigenvalue weighted by molar-refractivity contribution is 0.586. The molecule has 0 unspecified atom stereocenters. The van der Waals surface area contributed by atoms with Gasteiger partial charge in [-0.1, -0.05) is 19.9 Å². The normalized spacial score (nSPS) is 17.2. The van der Waals surface area contributed by atoms with Crippen LogP contribution >= 0.6 is 0 Å². The van der Waals surface area contributed by atoms with Crippen molar-refractivity contribution in [1.82, 2.24) is 10.3 Å². The summed E-state index contributed by atoms with van der Waals surface area (Å²) in [6.07, 6.45) is 0. The van der Waals surface area contributed by atoms with Crippen LogP contribution in [0.3, 0.4) is 0 Å². The second kappa shape index (κ2) is 6.48. The number of rotatable bonds is 4. The van der Waals surface area contributed by atoms with Crippen LogP contribution in [0, 0.1) is 6.92 Å². The maximum Gasteiger partial charge on any atom is 0.128 e. The fraction of sp³-hybridized carbons (Fsp3) is 0.643. The van der Waals surface area contributed by atoms with E-state index in [1.807, 2.05) is 0 Å². The number of aromatic nitrogens is 1. The molecule has 4 nitrogen and oxygen atoms in total. The van der Waals surface area contributed by atoms with E-state index in [0.717, 1.165) is 42.7 Å². The first kappa shape index (κ1) is 14.5. The Morgan fingerprint density at radius 1 is 1.37 bits per heavy atom. The minimum Gasteiger partial charge on any atom is -0.355 e. The molecule has 0 aromatic carbocycles. The maximum absolute atomic E-state index is 11.4. The van der Waals surface area contributed by atoms with Gasteiger partial charge in [-0.3, -0.25) is 4.21 Å². The summed E-state index contributed by atoms with van der Waals surface area (Å²) in [7, 11) is -0.632. The van der Waals surface area contributed by atoms with Crippen molar-refractivity contribution in [3.8, 4) is 0 Å². The summed E-state index contributed by atoms with van der Waals surface area (Å²) >= 11 is 0. The van der Waals surface area contributed by atoms with Crippen molar-refractivity contribution < 1.29 is 4.21 Å². The minimum atomic E-state index is -0.632. The lowest BCUT2D eigenvalue weighted by Gasteiger charge is -2.27. The number of nitrogens with zero attached hydrogens (tertiary/aromatic N) is 2. The molecule has 0 bridgehead atoms. The van der Waals surface area contributed by atoms with Gasteiger partial charge in [0.25, 0.3) is 0 Å². The zero-order valence-electron chi connectivity index (χ0n) is 12.0. The standard InChI is InChI=1S/C14H23N3OS/c1-11(2)15-10-13-4-5-14(16-12(13)3)17-6-8-19(18)9-7-17/h4-5,11,15H,6-10H2,1-3H3. The Kier molecular flexibility index (Phi) is 4.93. The monoisotopic (exact) mass is 281 g/mol. The van der Waals surface area contributed by atoms with Gasteiger partial charge >= 0.3 is 0 Å². The molecule has 1 fully saturated rings. The molecular formula is C14H23N3OS. The van der Waals surface area contributed by atoms with Crippen molar-refractivity contribution in [3.05, 3.63) is 23.4 Å². The number of anilines is 1. The topological polar surface area (TPSA) is 45.2 Å². The predicted octanol–water partition coefficient (Wildman–Crippen LogP) is 1.46. The molecular weight excluding hydrogens is 258 g/mol. The lowest BCUT2D eigenvalue weighted by Crippen LogP contribution is -2.38. The Labute approximate surface area is 118 Å². The van der Waals surface area contributed by atoms with Crippen LogP contribution in [0.2, 0.25) is 0 Å². The molecule has 5 heteroatoms. The van der Waals surface area contributed by atoms with Crippen molar-refractivity contribution in [2.24, 2.45) is 0 Å². The molecule has 1 aromatic heterocycles. The van der Waals surface area contributed by atoms with Gasteiger partial charge in [-0.2, -0.15) is 0 Å². The Hall–Kier alpha value is -0.940. The Bertz CT molecular complexity index is 452. The highest BCUT2D eigenvalue weighted by Crippen LogP contribution is 2.16. The second-order valence-corrected chi connectivity index (χ2v) is 6.98. The number of nitrogens with one attached hydrogen (secondary N) is 1. The Morgan fingerprint density at radius 2 is 2.05 bits per heavy atom. The van der Waals surface area contributed by atoms with Crippen LogP contribution in [0.25, 0.3) is 0 Å². The van der Waals surface area contributed by atoms with Gasteiger partial charge in [0.1, 0.15) is 5.82 Å². The van der Waals surface area contributed by atoms with Crippen molar-refractivity contribution in [3.63, 3.8) is 0 Å². The third-order valence-corrected chi connectivity index (χ3v) is 4.66. The third-order valence-electron chi connectivity index (χ3n) is 3.38. The van der Waals surface area contributed by atoms with Gasteiger partial charge in [0, 0.05) is 53.7 Å². The molecule has 1 aliphatic rings. The van der Waals surface area contributed by atoms with Crippen LogP contribution in [-0.2, 0) is 17.3 Å². The highest BCUT2D eigenvalue weighted by molar-refractivity contribution is 7.85. The van der Waals surface area contributed by atoms with E-state index in [2.05, 4.69) is 48.1 Å². The smallest absolute Gasteiger partial charge is 0.128 e. The summed E-state index contributed by atoms with van der Waals surface area (Å²) in [5, 5.41) is 3.41.